The molecule has 2 heterocycles. The summed E-state index contributed by atoms with van der Waals surface area (Å²) in [5.74, 6) is -0.0838. The van der Waals surface area contributed by atoms with Crippen LogP contribution in [0, 0.1) is 5.92 Å². The predicted molar refractivity (Wildman–Crippen MR) is 110 cm³/mol. The molecule has 0 unspecified atom stereocenters. The smallest absolute Gasteiger partial charge is 0.379 e. The van der Waals surface area contributed by atoms with E-state index >= 15 is 0 Å². The molecule has 4 rings (SSSR count). The minimum Gasteiger partial charge on any atom is -0.380 e. The van der Waals surface area contributed by atoms with Gasteiger partial charge in [-0.1, -0.05) is 60.7 Å². The number of aryl methyl sites for hydroxylation is 1. The van der Waals surface area contributed by atoms with E-state index in [2.05, 4.69) is 0 Å². The fraction of sp³-hybridized carbons (Fsp3) is 0.318. The zero-order valence-corrected chi connectivity index (χ0v) is 17.2. The van der Waals surface area contributed by atoms with Gasteiger partial charge in [0, 0.05) is 13.1 Å². The van der Waals surface area contributed by atoms with Crippen LogP contribution in [0.1, 0.15) is 24.0 Å². The largest absolute Gasteiger partial charge is 0.380 e. The van der Waals surface area contributed by atoms with Gasteiger partial charge in [-0.25, -0.2) is 4.57 Å². The fourth-order valence-electron chi connectivity index (χ4n) is 4.22. The zero-order chi connectivity index (χ0) is 20.5. The van der Waals surface area contributed by atoms with Crippen LogP contribution in [-0.4, -0.2) is 34.9 Å². The molecule has 3 aromatic rings. The topological polar surface area (TPSA) is 66.4 Å². The highest BCUT2D eigenvalue weighted by Crippen LogP contribution is 2.42. The van der Waals surface area contributed by atoms with Gasteiger partial charge in [0.15, 0.2) is 0 Å². The van der Waals surface area contributed by atoms with Crippen LogP contribution < -0.4 is 4.57 Å². The molecule has 2 aromatic carbocycles. The van der Waals surface area contributed by atoms with Crippen molar-refractivity contribution in [1.29, 1.82) is 0 Å². The van der Waals surface area contributed by atoms with E-state index in [1.807, 2.05) is 60.7 Å². The highest BCUT2D eigenvalue weighted by molar-refractivity contribution is 7.87. The number of aliphatic hydroxyl groups is 1. The summed E-state index contributed by atoms with van der Waals surface area (Å²) in [6.45, 7) is 0.744. The monoisotopic (exact) mass is 412 g/mol. The van der Waals surface area contributed by atoms with Crippen LogP contribution >= 0.6 is 0 Å². The van der Waals surface area contributed by atoms with E-state index in [9.17, 15) is 13.5 Å². The molecule has 0 saturated carbocycles. The number of benzene rings is 2. The Morgan fingerprint density at radius 1 is 0.966 bits per heavy atom. The molecule has 1 aromatic heterocycles. The standard InChI is InChI=1S/C22H26N3O3S/c1-23-16-17-25(18-23)29(27,28)24-14-12-21(13-15-24)22(26,19-8-4-2-5-9-19)20-10-6-3-7-11-20/h2-11,16-18,21,26H,12-15H2,1H3/q+1. The molecule has 1 fully saturated rings. The molecule has 0 aliphatic carbocycles. The molecule has 0 atom stereocenters. The van der Waals surface area contributed by atoms with E-state index in [4.69, 9.17) is 0 Å². The number of piperidine rings is 1. The van der Waals surface area contributed by atoms with Crippen LogP contribution in [0.2, 0.25) is 0 Å². The van der Waals surface area contributed by atoms with Crippen molar-refractivity contribution in [3.8, 4) is 0 Å². The maximum Gasteiger partial charge on any atom is 0.379 e. The Hall–Kier alpha value is -2.48. The first kappa shape index (κ1) is 19.8. The molecule has 1 aliphatic heterocycles. The Labute approximate surface area is 171 Å². The fourth-order valence-corrected chi connectivity index (χ4v) is 5.64. The van der Waals surface area contributed by atoms with Gasteiger partial charge in [0.25, 0.3) is 6.33 Å². The van der Waals surface area contributed by atoms with Crippen molar-refractivity contribution >= 4 is 10.2 Å². The summed E-state index contributed by atoms with van der Waals surface area (Å²) in [5.41, 5.74) is 0.521. The molecular formula is C22H26N3O3S+. The van der Waals surface area contributed by atoms with Crippen LogP contribution in [0.5, 0.6) is 0 Å². The molecule has 7 heteroatoms. The Balaban J connectivity index is 1.61. The van der Waals surface area contributed by atoms with Gasteiger partial charge in [-0.3, -0.25) is 0 Å². The van der Waals surface area contributed by atoms with Crippen LogP contribution in [0.4, 0.5) is 0 Å². The molecule has 1 N–H and O–H groups in total. The number of rotatable bonds is 5. The maximum absolute atomic E-state index is 12.9. The lowest BCUT2D eigenvalue weighted by molar-refractivity contribution is -0.670. The summed E-state index contributed by atoms with van der Waals surface area (Å²) in [6, 6.07) is 19.3. The van der Waals surface area contributed by atoms with Gasteiger partial charge in [-0.15, -0.1) is 3.97 Å². The second-order valence-corrected chi connectivity index (χ2v) is 9.42. The predicted octanol–water partition coefficient (Wildman–Crippen LogP) is 2.05. The Morgan fingerprint density at radius 3 is 1.93 bits per heavy atom. The first-order valence-electron chi connectivity index (χ1n) is 9.79. The van der Waals surface area contributed by atoms with Crippen LogP contribution in [-0.2, 0) is 22.9 Å². The number of hydrogen-bond donors (Lipinski definition) is 1. The molecule has 6 nitrogen and oxygen atoms in total. The van der Waals surface area contributed by atoms with Gasteiger partial charge in [0.1, 0.15) is 18.0 Å². The molecule has 0 amide bonds. The van der Waals surface area contributed by atoms with Gasteiger partial charge in [-0.05, 0) is 29.9 Å². The van der Waals surface area contributed by atoms with Crippen molar-refractivity contribution in [3.63, 3.8) is 0 Å². The summed E-state index contributed by atoms with van der Waals surface area (Å²) in [5, 5.41) is 11.9. The lowest BCUT2D eigenvalue weighted by Gasteiger charge is -2.41. The van der Waals surface area contributed by atoms with E-state index in [-0.39, 0.29) is 5.92 Å². The average Bonchev–Trinajstić information content (AvgIpc) is 3.22. The third-order valence-electron chi connectivity index (χ3n) is 5.81. The first-order chi connectivity index (χ1) is 13.9. The number of hydrogen-bond acceptors (Lipinski definition) is 3. The minimum absolute atomic E-state index is 0.0838. The summed E-state index contributed by atoms with van der Waals surface area (Å²) in [6.07, 6.45) is 5.95. The molecule has 0 radical (unpaired) electrons. The summed E-state index contributed by atoms with van der Waals surface area (Å²) < 4.78 is 30.3. The van der Waals surface area contributed by atoms with E-state index in [1.54, 1.807) is 30.3 Å². The second kappa shape index (κ2) is 7.74. The molecule has 1 aliphatic rings. The van der Waals surface area contributed by atoms with Crippen LogP contribution in [0.3, 0.4) is 0 Å². The van der Waals surface area contributed by atoms with E-state index in [0.29, 0.717) is 25.9 Å². The maximum atomic E-state index is 12.9. The van der Waals surface area contributed by atoms with E-state index < -0.39 is 15.8 Å². The number of nitrogens with zero attached hydrogens (tertiary/aromatic N) is 3. The van der Waals surface area contributed by atoms with E-state index in [1.165, 1.54) is 8.28 Å². The van der Waals surface area contributed by atoms with Crippen molar-refractivity contribution in [2.24, 2.45) is 13.0 Å². The summed E-state index contributed by atoms with van der Waals surface area (Å²) in [4.78, 5) is 0. The van der Waals surface area contributed by atoms with Gasteiger partial charge >= 0.3 is 10.2 Å². The minimum atomic E-state index is -3.59. The summed E-state index contributed by atoms with van der Waals surface area (Å²) >= 11 is 0. The first-order valence-corrected chi connectivity index (χ1v) is 11.2. The third-order valence-corrected chi connectivity index (χ3v) is 7.58. The third kappa shape index (κ3) is 3.61. The van der Waals surface area contributed by atoms with Crippen LogP contribution in [0.15, 0.2) is 79.4 Å². The number of imidazole rings is 1. The van der Waals surface area contributed by atoms with Gasteiger partial charge < -0.3 is 5.11 Å². The van der Waals surface area contributed by atoms with Gasteiger partial charge in [0.2, 0.25) is 0 Å². The molecule has 1 saturated heterocycles. The van der Waals surface area contributed by atoms with Crippen molar-refractivity contribution in [2.75, 3.05) is 13.1 Å². The quantitative estimate of drug-likeness (QED) is 0.653. The average molecular weight is 413 g/mol. The molecule has 152 valence electrons. The normalized spacial score (nSPS) is 16.8. The van der Waals surface area contributed by atoms with Crippen molar-refractivity contribution in [3.05, 3.63) is 90.5 Å². The molecule has 0 spiro atoms. The lowest BCUT2D eigenvalue weighted by Crippen LogP contribution is -2.47. The van der Waals surface area contributed by atoms with Crippen molar-refractivity contribution in [2.45, 2.75) is 18.4 Å². The van der Waals surface area contributed by atoms with Gasteiger partial charge in [0.05, 0.1) is 7.05 Å². The van der Waals surface area contributed by atoms with E-state index in [0.717, 1.165) is 11.1 Å². The zero-order valence-electron chi connectivity index (χ0n) is 16.4. The SMILES string of the molecule is C[n+]1ccn(S(=O)(=O)N2CCC(C(O)(c3ccccc3)c3ccccc3)CC2)c1. The lowest BCUT2D eigenvalue weighted by atomic mass is 9.72. The number of aromatic nitrogens is 2. The van der Waals surface area contributed by atoms with Crippen molar-refractivity contribution in [1.82, 2.24) is 8.28 Å². The Bertz CT molecular complexity index is 1020. The highest BCUT2D eigenvalue weighted by Gasteiger charge is 2.43. The van der Waals surface area contributed by atoms with Crippen molar-refractivity contribution < 1.29 is 18.1 Å². The molecule has 0 bridgehead atoms. The van der Waals surface area contributed by atoms with Gasteiger partial charge in [-0.2, -0.15) is 12.7 Å². The van der Waals surface area contributed by atoms with Crippen LogP contribution in [0.25, 0.3) is 0 Å². The Morgan fingerprint density at radius 2 is 1.48 bits per heavy atom. The summed E-state index contributed by atoms with van der Waals surface area (Å²) in [7, 11) is -1.80. The molecular weight excluding hydrogens is 386 g/mol. The second-order valence-electron chi connectivity index (χ2n) is 7.59. The Kier molecular flexibility index (Phi) is 5.29. The highest BCUT2D eigenvalue weighted by atomic mass is 32.2. The molecule has 29 heavy (non-hydrogen) atoms.